The third-order valence-electron chi connectivity index (χ3n) is 4.76. The topological polar surface area (TPSA) is 110 Å². The van der Waals surface area contributed by atoms with Gasteiger partial charge in [-0.1, -0.05) is 23.7 Å². The number of rotatable bonds is 10. The highest BCUT2D eigenvalue weighted by Crippen LogP contribution is 2.29. The average molecular weight is 506 g/mol. The molecule has 0 radical (unpaired) electrons. The summed E-state index contributed by atoms with van der Waals surface area (Å²) in [6, 6.07) is 20.3. The molecule has 0 aromatic heterocycles. The van der Waals surface area contributed by atoms with Gasteiger partial charge in [-0.15, -0.1) is 0 Å². The van der Waals surface area contributed by atoms with Crippen molar-refractivity contribution in [3.05, 3.63) is 82.9 Å². The average Bonchev–Trinajstić information content (AvgIpc) is 2.87. The molecule has 9 heteroatoms. The van der Waals surface area contributed by atoms with Crippen LogP contribution in [-0.4, -0.2) is 32.1 Å². The highest BCUT2D eigenvalue weighted by Gasteiger charge is 2.13. The number of nitrogens with zero attached hydrogens (tertiary/aromatic N) is 1. The lowest BCUT2D eigenvalue weighted by Crippen LogP contribution is -2.20. The molecule has 0 unspecified atom stereocenters. The summed E-state index contributed by atoms with van der Waals surface area (Å²) in [5.41, 5.74) is 1.52. The van der Waals surface area contributed by atoms with Crippen LogP contribution >= 0.6 is 11.6 Å². The van der Waals surface area contributed by atoms with Crippen molar-refractivity contribution in [3.8, 4) is 23.3 Å². The molecular weight excluding hydrogens is 482 g/mol. The molecule has 3 rings (SSSR count). The molecule has 0 fully saturated rings. The zero-order chi connectivity index (χ0) is 25.9. The van der Waals surface area contributed by atoms with E-state index in [0.717, 1.165) is 0 Å². The molecule has 0 spiro atoms. The van der Waals surface area contributed by atoms with E-state index in [1.807, 2.05) is 13.0 Å². The Morgan fingerprint density at radius 2 is 1.75 bits per heavy atom. The van der Waals surface area contributed by atoms with Crippen LogP contribution in [0.5, 0.6) is 17.2 Å². The summed E-state index contributed by atoms with van der Waals surface area (Å²) in [5, 5.41) is 15.3. The van der Waals surface area contributed by atoms with Gasteiger partial charge in [-0.2, -0.15) is 5.26 Å². The number of nitriles is 1. The number of benzene rings is 3. The Kier molecular flexibility index (Phi) is 9.32. The normalized spacial score (nSPS) is 10.7. The van der Waals surface area contributed by atoms with Crippen molar-refractivity contribution < 1.29 is 23.8 Å². The maximum absolute atomic E-state index is 12.5. The van der Waals surface area contributed by atoms with E-state index in [4.69, 9.17) is 25.8 Å². The van der Waals surface area contributed by atoms with Crippen molar-refractivity contribution >= 4 is 40.9 Å². The van der Waals surface area contributed by atoms with Gasteiger partial charge < -0.3 is 24.8 Å². The number of carbonyl (C=O) groups is 2. The van der Waals surface area contributed by atoms with Crippen molar-refractivity contribution in [1.29, 1.82) is 5.26 Å². The smallest absolute Gasteiger partial charge is 0.266 e. The number of carbonyl (C=O) groups excluding carboxylic acids is 2. The molecule has 2 N–H and O–H groups in total. The Labute approximate surface area is 214 Å². The van der Waals surface area contributed by atoms with Crippen LogP contribution < -0.4 is 24.8 Å². The fraction of sp³-hybridized carbons (Fsp3) is 0.148. The lowest BCUT2D eigenvalue weighted by Gasteiger charge is -2.13. The molecule has 3 aromatic carbocycles. The minimum absolute atomic E-state index is 0.107. The first kappa shape index (κ1) is 26.1. The minimum atomic E-state index is -0.576. The number of methoxy groups -OCH3 is 1. The fourth-order valence-corrected chi connectivity index (χ4v) is 3.29. The highest BCUT2D eigenvalue weighted by atomic mass is 35.5. The molecule has 0 saturated carbocycles. The second-order valence-corrected chi connectivity index (χ2v) is 7.78. The Morgan fingerprint density at radius 1 is 0.972 bits per heavy atom. The fourth-order valence-electron chi connectivity index (χ4n) is 3.10. The van der Waals surface area contributed by atoms with Gasteiger partial charge in [0.2, 0.25) is 0 Å². The third-order valence-corrected chi connectivity index (χ3v) is 4.99. The predicted octanol–water partition coefficient (Wildman–Crippen LogP) is 5.31. The molecular formula is C27H24ClN3O5. The first-order valence-electron chi connectivity index (χ1n) is 10.9. The number of amides is 2. The SMILES string of the molecule is CCOc1cc(/C=C(/C#N)C(=O)Nc2cccc(Cl)c2)ccc1OCC(=O)Nc1ccc(OC)cc1. The summed E-state index contributed by atoms with van der Waals surface area (Å²) in [7, 11) is 1.56. The van der Waals surface area contributed by atoms with Gasteiger partial charge in [0.05, 0.1) is 13.7 Å². The lowest BCUT2D eigenvalue weighted by atomic mass is 10.1. The van der Waals surface area contributed by atoms with Crippen LogP contribution in [0.2, 0.25) is 5.02 Å². The summed E-state index contributed by atoms with van der Waals surface area (Å²) in [6.07, 6.45) is 1.43. The zero-order valence-corrected chi connectivity index (χ0v) is 20.5. The maximum atomic E-state index is 12.5. The van der Waals surface area contributed by atoms with Gasteiger partial charge in [-0.05, 0) is 73.2 Å². The second kappa shape index (κ2) is 12.8. The largest absolute Gasteiger partial charge is 0.497 e. The zero-order valence-electron chi connectivity index (χ0n) is 19.7. The minimum Gasteiger partial charge on any atom is -0.497 e. The van der Waals surface area contributed by atoms with E-state index in [0.29, 0.717) is 45.8 Å². The van der Waals surface area contributed by atoms with Gasteiger partial charge in [0, 0.05) is 16.4 Å². The maximum Gasteiger partial charge on any atom is 0.266 e. The summed E-state index contributed by atoms with van der Waals surface area (Å²) >= 11 is 5.94. The molecule has 0 aliphatic heterocycles. The summed E-state index contributed by atoms with van der Waals surface area (Å²) in [4.78, 5) is 24.8. The molecule has 0 aliphatic carbocycles. The van der Waals surface area contributed by atoms with Gasteiger partial charge in [-0.25, -0.2) is 0 Å². The van der Waals surface area contributed by atoms with Crippen molar-refractivity contribution in [2.75, 3.05) is 31.0 Å². The van der Waals surface area contributed by atoms with Crippen LogP contribution in [0.15, 0.2) is 72.3 Å². The van der Waals surface area contributed by atoms with Gasteiger partial charge in [0.1, 0.15) is 17.4 Å². The summed E-state index contributed by atoms with van der Waals surface area (Å²) < 4.78 is 16.4. The molecule has 8 nitrogen and oxygen atoms in total. The van der Waals surface area contributed by atoms with Crippen LogP contribution in [0.1, 0.15) is 12.5 Å². The van der Waals surface area contributed by atoms with E-state index >= 15 is 0 Å². The van der Waals surface area contributed by atoms with Crippen LogP contribution in [0, 0.1) is 11.3 Å². The molecule has 0 saturated heterocycles. The Hall–Kier alpha value is -4.48. The number of nitrogens with one attached hydrogen (secondary N) is 2. The predicted molar refractivity (Wildman–Crippen MR) is 138 cm³/mol. The molecule has 0 heterocycles. The number of anilines is 2. The second-order valence-electron chi connectivity index (χ2n) is 7.34. The monoisotopic (exact) mass is 505 g/mol. The van der Waals surface area contributed by atoms with Crippen molar-refractivity contribution in [3.63, 3.8) is 0 Å². The van der Waals surface area contributed by atoms with Crippen molar-refractivity contribution in [1.82, 2.24) is 0 Å². The molecule has 3 aromatic rings. The number of halogens is 1. The van der Waals surface area contributed by atoms with Gasteiger partial charge >= 0.3 is 0 Å². The molecule has 36 heavy (non-hydrogen) atoms. The van der Waals surface area contributed by atoms with Crippen LogP contribution in [-0.2, 0) is 9.59 Å². The Morgan fingerprint density at radius 3 is 2.42 bits per heavy atom. The third kappa shape index (κ3) is 7.52. The summed E-state index contributed by atoms with van der Waals surface area (Å²) in [6.45, 7) is 1.91. The molecule has 2 amide bonds. The molecule has 0 aliphatic rings. The van der Waals surface area contributed by atoms with Gasteiger partial charge in [0.15, 0.2) is 18.1 Å². The molecule has 0 atom stereocenters. The van der Waals surface area contributed by atoms with E-state index in [2.05, 4.69) is 10.6 Å². The van der Waals surface area contributed by atoms with E-state index in [-0.39, 0.29) is 18.1 Å². The Bertz CT molecular complexity index is 1300. The van der Waals surface area contributed by atoms with E-state index in [1.165, 1.54) is 6.08 Å². The van der Waals surface area contributed by atoms with E-state index < -0.39 is 5.91 Å². The van der Waals surface area contributed by atoms with E-state index in [9.17, 15) is 14.9 Å². The standard InChI is InChI=1S/C27H24ClN3O5/c1-3-35-25-14-18(13-19(16-29)27(33)31-22-6-4-5-20(28)15-22)7-12-24(25)36-17-26(32)30-21-8-10-23(34-2)11-9-21/h4-15H,3,17H2,1-2H3,(H,30,32)(H,31,33)/b19-13-. The highest BCUT2D eigenvalue weighted by molar-refractivity contribution is 6.31. The number of ether oxygens (including phenoxy) is 3. The first-order valence-corrected chi connectivity index (χ1v) is 11.3. The Balaban J connectivity index is 1.69. The van der Waals surface area contributed by atoms with Gasteiger partial charge in [0.25, 0.3) is 11.8 Å². The quantitative estimate of drug-likeness (QED) is 0.285. The van der Waals surface area contributed by atoms with Crippen LogP contribution in [0.25, 0.3) is 6.08 Å². The molecule has 184 valence electrons. The summed E-state index contributed by atoms with van der Waals surface area (Å²) in [5.74, 6) is 0.474. The van der Waals surface area contributed by atoms with Gasteiger partial charge in [-0.3, -0.25) is 9.59 Å². The van der Waals surface area contributed by atoms with Crippen molar-refractivity contribution in [2.24, 2.45) is 0 Å². The number of hydrogen-bond acceptors (Lipinski definition) is 6. The number of hydrogen-bond donors (Lipinski definition) is 2. The molecule has 0 bridgehead atoms. The van der Waals surface area contributed by atoms with Crippen LogP contribution in [0.3, 0.4) is 0 Å². The van der Waals surface area contributed by atoms with E-state index in [1.54, 1.807) is 73.8 Å². The van der Waals surface area contributed by atoms with Crippen LogP contribution in [0.4, 0.5) is 11.4 Å². The van der Waals surface area contributed by atoms with Crippen molar-refractivity contribution in [2.45, 2.75) is 6.92 Å². The first-order chi connectivity index (χ1) is 17.4. The lowest BCUT2D eigenvalue weighted by molar-refractivity contribution is -0.118.